The lowest BCUT2D eigenvalue weighted by Gasteiger charge is -2.16. The molecule has 2 atom stereocenters. The van der Waals surface area contributed by atoms with Gasteiger partial charge in [-0.1, -0.05) is 65.7 Å². The molecule has 1 saturated heterocycles. The number of nitrogens with zero attached hydrogens (tertiary/aromatic N) is 3. The number of aromatic nitrogens is 3. The van der Waals surface area contributed by atoms with Gasteiger partial charge < -0.3 is 30.5 Å². The maximum atomic E-state index is 13.4. The van der Waals surface area contributed by atoms with Gasteiger partial charge in [-0.2, -0.15) is 4.98 Å². The van der Waals surface area contributed by atoms with Gasteiger partial charge in [0.1, 0.15) is 5.65 Å². The zero-order chi connectivity index (χ0) is 35.4. The number of ether oxygens (including phenoxy) is 2. The van der Waals surface area contributed by atoms with E-state index >= 15 is 0 Å². The lowest BCUT2D eigenvalue weighted by atomic mass is 9.97. The van der Waals surface area contributed by atoms with Crippen LogP contribution >= 0.6 is 23.2 Å². The van der Waals surface area contributed by atoms with E-state index in [0.717, 1.165) is 39.8 Å². The number of rotatable bonds is 13. The first-order valence-corrected chi connectivity index (χ1v) is 17.0. The van der Waals surface area contributed by atoms with E-state index in [1.165, 1.54) is 11.5 Å². The number of pyridine rings is 2. The van der Waals surface area contributed by atoms with Gasteiger partial charge in [0.25, 0.3) is 5.56 Å². The summed E-state index contributed by atoms with van der Waals surface area (Å²) in [7, 11) is 3.05. The number of nitrogens with one attached hydrogen (secondary N) is 3. The third-order valence-corrected chi connectivity index (χ3v) is 9.43. The number of hydrogen-bond acceptors (Lipinski definition) is 9. The number of methoxy groups -OCH3 is 2. The number of hydrogen-bond donors (Lipinski definition) is 4. The number of aliphatic hydroxyl groups excluding tert-OH is 1. The van der Waals surface area contributed by atoms with Crippen LogP contribution in [0, 0.1) is 0 Å². The molecule has 1 aliphatic heterocycles. The monoisotopic (exact) mass is 716 g/mol. The zero-order valence-corrected chi connectivity index (χ0v) is 29.4. The van der Waals surface area contributed by atoms with Crippen molar-refractivity contribution >= 4 is 34.8 Å². The fourth-order valence-electron chi connectivity index (χ4n) is 6.09. The molecule has 3 aromatic heterocycles. The van der Waals surface area contributed by atoms with Gasteiger partial charge in [-0.3, -0.25) is 14.0 Å². The number of halogens is 2. The molecule has 5 aromatic rings. The predicted molar refractivity (Wildman–Crippen MR) is 195 cm³/mol. The summed E-state index contributed by atoms with van der Waals surface area (Å²) < 4.78 is 12.6. The van der Waals surface area contributed by atoms with E-state index in [0.29, 0.717) is 58.9 Å². The Labute approximate surface area is 299 Å². The van der Waals surface area contributed by atoms with Crippen LogP contribution in [0.25, 0.3) is 39.2 Å². The quantitative estimate of drug-likeness (QED) is 0.129. The van der Waals surface area contributed by atoms with Crippen LogP contribution < -0.4 is 31.0 Å². The van der Waals surface area contributed by atoms with E-state index in [4.69, 9.17) is 37.7 Å². The van der Waals surface area contributed by atoms with Crippen molar-refractivity contribution in [1.82, 2.24) is 30.3 Å². The van der Waals surface area contributed by atoms with Gasteiger partial charge in [0.05, 0.1) is 41.6 Å². The van der Waals surface area contributed by atoms with Crippen molar-refractivity contribution in [3.05, 3.63) is 98.4 Å². The number of benzene rings is 2. The Kier molecular flexibility index (Phi) is 11.0. The topological polar surface area (TPSA) is 139 Å². The summed E-state index contributed by atoms with van der Waals surface area (Å²) in [5.74, 6) is 0.782. The molecule has 13 heteroatoms. The molecule has 6 rings (SSSR count). The van der Waals surface area contributed by atoms with E-state index in [1.807, 2.05) is 54.6 Å². The summed E-state index contributed by atoms with van der Waals surface area (Å²) in [6, 6.07) is 19.0. The second kappa shape index (κ2) is 15.6. The van der Waals surface area contributed by atoms with Crippen molar-refractivity contribution in [2.75, 3.05) is 27.3 Å². The fraction of sp³-hybridized carbons (Fsp3) is 0.297. The number of aliphatic hydroxyl groups is 1. The smallest absolute Gasteiger partial charge is 0.266 e. The summed E-state index contributed by atoms with van der Waals surface area (Å²) in [4.78, 5) is 34.3. The average Bonchev–Trinajstić information content (AvgIpc) is 3.53. The Balaban J connectivity index is 1.28. The SMILES string of the molecule is COc1nc(-c2cccc(-c3cccc(-c4ccn5c(=O)c(CNC[C@H](C)O)c(OC)nc5c4)c3Cl)c2Cl)ccc1CNC[C@H]1CCC(=O)N1. The van der Waals surface area contributed by atoms with Crippen LogP contribution in [0.1, 0.15) is 30.9 Å². The normalized spacial score (nSPS) is 14.9. The van der Waals surface area contributed by atoms with E-state index in [1.54, 1.807) is 26.3 Å². The second-order valence-electron chi connectivity index (χ2n) is 12.2. The van der Waals surface area contributed by atoms with Crippen molar-refractivity contribution < 1.29 is 19.4 Å². The molecule has 0 aliphatic carbocycles. The molecule has 1 amide bonds. The Hall–Kier alpha value is -4.52. The molecule has 0 spiro atoms. The zero-order valence-electron chi connectivity index (χ0n) is 27.9. The lowest BCUT2D eigenvalue weighted by Crippen LogP contribution is -2.35. The summed E-state index contributed by atoms with van der Waals surface area (Å²) in [6.45, 7) is 3.39. The number of carbonyl (C=O) groups is 1. The summed E-state index contributed by atoms with van der Waals surface area (Å²) in [5, 5.41) is 20.0. The van der Waals surface area contributed by atoms with Gasteiger partial charge in [-0.15, -0.1) is 0 Å². The lowest BCUT2D eigenvalue weighted by molar-refractivity contribution is -0.119. The second-order valence-corrected chi connectivity index (χ2v) is 12.9. The fourth-order valence-corrected chi connectivity index (χ4v) is 6.75. The third kappa shape index (κ3) is 7.47. The molecule has 260 valence electrons. The molecule has 0 saturated carbocycles. The van der Waals surface area contributed by atoms with Gasteiger partial charge in [-0.25, -0.2) is 4.98 Å². The van der Waals surface area contributed by atoms with Crippen LogP contribution in [0.15, 0.2) is 71.7 Å². The van der Waals surface area contributed by atoms with Gasteiger partial charge in [0, 0.05) is 72.7 Å². The molecular formula is C37H38Cl2N6O5. The van der Waals surface area contributed by atoms with Crippen LogP contribution in [-0.2, 0) is 17.9 Å². The largest absolute Gasteiger partial charge is 0.481 e. The van der Waals surface area contributed by atoms with Crippen LogP contribution in [0.2, 0.25) is 10.0 Å². The minimum Gasteiger partial charge on any atom is -0.481 e. The number of fused-ring (bicyclic) bond motifs is 1. The van der Waals surface area contributed by atoms with Crippen molar-refractivity contribution in [3.8, 4) is 45.3 Å². The highest BCUT2D eigenvalue weighted by Crippen LogP contribution is 2.42. The summed E-state index contributed by atoms with van der Waals surface area (Å²) in [5.41, 5.74) is 5.69. The van der Waals surface area contributed by atoms with Gasteiger partial charge in [0.15, 0.2) is 0 Å². The molecular weight excluding hydrogens is 679 g/mol. The maximum absolute atomic E-state index is 13.4. The van der Waals surface area contributed by atoms with Crippen molar-refractivity contribution in [3.63, 3.8) is 0 Å². The highest BCUT2D eigenvalue weighted by atomic mass is 35.5. The van der Waals surface area contributed by atoms with Crippen LogP contribution in [0.5, 0.6) is 11.8 Å². The minimum absolute atomic E-state index is 0.0889. The molecule has 2 aromatic carbocycles. The predicted octanol–water partition coefficient (Wildman–Crippen LogP) is 5.25. The van der Waals surface area contributed by atoms with Crippen molar-refractivity contribution in [2.24, 2.45) is 0 Å². The summed E-state index contributed by atoms with van der Waals surface area (Å²) >= 11 is 14.2. The Morgan fingerprint density at radius 1 is 0.920 bits per heavy atom. The minimum atomic E-state index is -0.558. The van der Waals surface area contributed by atoms with Crippen molar-refractivity contribution in [1.29, 1.82) is 0 Å². The number of carbonyl (C=O) groups excluding carboxylic acids is 1. The first kappa shape index (κ1) is 35.3. The van der Waals surface area contributed by atoms with Crippen molar-refractivity contribution in [2.45, 2.75) is 45.0 Å². The molecule has 11 nitrogen and oxygen atoms in total. The first-order chi connectivity index (χ1) is 24.2. The van der Waals surface area contributed by atoms with E-state index in [2.05, 4.69) is 20.9 Å². The molecule has 1 aliphatic rings. The van der Waals surface area contributed by atoms with Gasteiger partial charge >= 0.3 is 0 Å². The molecule has 0 bridgehead atoms. The number of amides is 1. The molecule has 4 N–H and O–H groups in total. The van der Waals surface area contributed by atoms with Crippen LogP contribution in [0.3, 0.4) is 0 Å². The van der Waals surface area contributed by atoms with E-state index in [9.17, 15) is 14.7 Å². The standard InChI is InChI=1S/C37H38Cl2N6O5/c1-21(46)17-40-20-29-36(50-3)44-31-16-22(14-15-45(31)37(29)48)25-6-4-7-26(33(25)38)27-8-5-9-28(34(27)39)30-12-10-23(35(43-30)49-2)18-41-19-24-11-13-32(47)42-24/h4-10,12,14-16,21,24,40-41,46H,11,13,17-20H2,1-3H3,(H,42,47)/t21-,24+/m0/s1. The van der Waals surface area contributed by atoms with Crippen LogP contribution in [0.4, 0.5) is 0 Å². The molecule has 4 heterocycles. The third-order valence-electron chi connectivity index (χ3n) is 8.62. The average molecular weight is 718 g/mol. The highest BCUT2D eigenvalue weighted by molar-refractivity contribution is 6.39. The van der Waals surface area contributed by atoms with E-state index in [-0.39, 0.29) is 29.9 Å². The van der Waals surface area contributed by atoms with Gasteiger partial charge in [-0.05, 0) is 37.1 Å². The molecule has 1 fully saturated rings. The molecule has 0 radical (unpaired) electrons. The first-order valence-electron chi connectivity index (χ1n) is 16.3. The molecule has 0 unspecified atom stereocenters. The Bertz CT molecular complexity index is 2100. The Morgan fingerprint density at radius 3 is 2.30 bits per heavy atom. The summed E-state index contributed by atoms with van der Waals surface area (Å²) in [6.07, 6.45) is 2.49. The van der Waals surface area contributed by atoms with Crippen LogP contribution in [-0.4, -0.2) is 64.8 Å². The van der Waals surface area contributed by atoms with Gasteiger partial charge in [0.2, 0.25) is 17.7 Å². The molecule has 50 heavy (non-hydrogen) atoms. The van der Waals surface area contributed by atoms with E-state index < -0.39 is 6.10 Å². The highest BCUT2D eigenvalue weighted by Gasteiger charge is 2.21. The maximum Gasteiger partial charge on any atom is 0.266 e. The Morgan fingerprint density at radius 2 is 1.62 bits per heavy atom.